The van der Waals surface area contributed by atoms with Crippen LogP contribution in [0.4, 0.5) is 5.82 Å². The Kier molecular flexibility index (Phi) is 4.29. The van der Waals surface area contributed by atoms with Crippen LogP contribution in [-0.2, 0) is 6.54 Å². The molecule has 1 amide bonds. The van der Waals surface area contributed by atoms with E-state index in [9.17, 15) is 4.79 Å². The minimum absolute atomic E-state index is 0.430. The SMILES string of the molecule is Cc1n[nH]c(C)c1CN1CCN(c2ncccc2C(N)=O)CC1. The van der Waals surface area contributed by atoms with Gasteiger partial charge in [-0.25, -0.2) is 4.98 Å². The molecule has 7 nitrogen and oxygen atoms in total. The highest BCUT2D eigenvalue weighted by molar-refractivity contribution is 5.97. The molecule has 0 bridgehead atoms. The average molecular weight is 314 g/mol. The number of primary amides is 1. The summed E-state index contributed by atoms with van der Waals surface area (Å²) in [5.41, 5.74) is 9.40. The molecule has 0 aliphatic carbocycles. The van der Waals surface area contributed by atoms with E-state index in [-0.39, 0.29) is 0 Å². The smallest absolute Gasteiger partial charge is 0.252 e. The molecule has 3 N–H and O–H groups in total. The number of hydrogen-bond donors (Lipinski definition) is 2. The average Bonchev–Trinajstić information content (AvgIpc) is 2.87. The van der Waals surface area contributed by atoms with Gasteiger partial charge in [0.25, 0.3) is 5.91 Å². The molecule has 3 rings (SSSR count). The van der Waals surface area contributed by atoms with Gasteiger partial charge in [-0.3, -0.25) is 14.8 Å². The van der Waals surface area contributed by atoms with Crippen molar-refractivity contribution in [2.45, 2.75) is 20.4 Å². The Balaban J connectivity index is 1.66. The number of anilines is 1. The Bertz CT molecular complexity index is 683. The minimum atomic E-state index is -0.430. The fourth-order valence-corrected chi connectivity index (χ4v) is 2.99. The molecule has 2 aromatic heterocycles. The predicted octanol–water partition coefficient (Wildman–Crippen LogP) is 0.843. The summed E-state index contributed by atoms with van der Waals surface area (Å²) in [6, 6.07) is 3.47. The second-order valence-corrected chi connectivity index (χ2v) is 5.91. The fourth-order valence-electron chi connectivity index (χ4n) is 2.99. The van der Waals surface area contributed by atoms with Crippen molar-refractivity contribution in [3.63, 3.8) is 0 Å². The molecular formula is C16H22N6O. The van der Waals surface area contributed by atoms with Crippen LogP contribution in [0.5, 0.6) is 0 Å². The molecule has 1 saturated heterocycles. The zero-order chi connectivity index (χ0) is 16.4. The lowest BCUT2D eigenvalue weighted by Crippen LogP contribution is -2.46. The maximum Gasteiger partial charge on any atom is 0.252 e. The predicted molar refractivity (Wildman–Crippen MR) is 88.3 cm³/mol. The van der Waals surface area contributed by atoms with Crippen molar-refractivity contribution < 1.29 is 4.79 Å². The molecule has 122 valence electrons. The number of pyridine rings is 1. The zero-order valence-electron chi connectivity index (χ0n) is 13.5. The van der Waals surface area contributed by atoms with E-state index in [1.165, 1.54) is 5.56 Å². The Morgan fingerprint density at radius 1 is 1.30 bits per heavy atom. The normalized spacial score (nSPS) is 15.8. The van der Waals surface area contributed by atoms with Crippen LogP contribution in [0.25, 0.3) is 0 Å². The summed E-state index contributed by atoms with van der Waals surface area (Å²) in [5.74, 6) is 0.260. The lowest BCUT2D eigenvalue weighted by molar-refractivity contribution is 0.1000. The van der Waals surface area contributed by atoms with Crippen molar-refractivity contribution in [1.29, 1.82) is 0 Å². The quantitative estimate of drug-likeness (QED) is 0.873. The number of amides is 1. The number of H-pyrrole nitrogens is 1. The molecular weight excluding hydrogens is 292 g/mol. The van der Waals surface area contributed by atoms with Crippen molar-refractivity contribution >= 4 is 11.7 Å². The summed E-state index contributed by atoms with van der Waals surface area (Å²) in [7, 11) is 0. The van der Waals surface area contributed by atoms with Crippen molar-refractivity contribution in [2.24, 2.45) is 5.73 Å². The molecule has 0 unspecified atom stereocenters. The highest BCUT2D eigenvalue weighted by Gasteiger charge is 2.22. The summed E-state index contributed by atoms with van der Waals surface area (Å²) in [5, 5.41) is 7.28. The van der Waals surface area contributed by atoms with Gasteiger partial charge in [-0.05, 0) is 26.0 Å². The van der Waals surface area contributed by atoms with Gasteiger partial charge in [-0.1, -0.05) is 0 Å². The summed E-state index contributed by atoms with van der Waals surface area (Å²) >= 11 is 0. The lowest BCUT2D eigenvalue weighted by atomic mass is 10.1. The van der Waals surface area contributed by atoms with E-state index in [0.29, 0.717) is 11.4 Å². The molecule has 0 atom stereocenters. The largest absolute Gasteiger partial charge is 0.365 e. The highest BCUT2D eigenvalue weighted by Crippen LogP contribution is 2.20. The lowest BCUT2D eigenvalue weighted by Gasteiger charge is -2.36. The molecule has 1 fully saturated rings. The van der Waals surface area contributed by atoms with Gasteiger partial charge in [0.05, 0.1) is 11.3 Å². The highest BCUT2D eigenvalue weighted by atomic mass is 16.1. The van der Waals surface area contributed by atoms with E-state index in [1.54, 1.807) is 18.3 Å². The first-order valence-electron chi connectivity index (χ1n) is 7.79. The number of aromatic amines is 1. The van der Waals surface area contributed by atoms with Crippen LogP contribution in [0.3, 0.4) is 0 Å². The third-order valence-corrected chi connectivity index (χ3v) is 4.39. The first-order chi connectivity index (χ1) is 11.1. The van der Waals surface area contributed by atoms with E-state index in [0.717, 1.165) is 44.1 Å². The van der Waals surface area contributed by atoms with Gasteiger partial charge in [-0.15, -0.1) is 0 Å². The molecule has 0 saturated carbocycles. The number of hydrogen-bond acceptors (Lipinski definition) is 5. The van der Waals surface area contributed by atoms with E-state index < -0.39 is 5.91 Å². The molecule has 2 aromatic rings. The number of aromatic nitrogens is 3. The zero-order valence-corrected chi connectivity index (χ0v) is 13.5. The number of carbonyl (C=O) groups excluding carboxylic acids is 1. The maximum absolute atomic E-state index is 11.6. The van der Waals surface area contributed by atoms with E-state index in [4.69, 9.17) is 5.73 Å². The van der Waals surface area contributed by atoms with Gasteiger partial charge >= 0.3 is 0 Å². The summed E-state index contributed by atoms with van der Waals surface area (Å²) < 4.78 is 0. The molecule has 0 radical (unpaired) electrons. The Labute approximate surface area is 135 Å². The Hall–Kier alpha value is -2.41. The first kappa shape index (κ1) is 15.5. The third kappa shape index (κ3) is 3.19. The molecule has 1 aliphatic rings. The van der Waals surface area contributed by atoms with Gasteiger partial charge in [0.1, 0.15) is 5.82 Å². The van der Waals surface area contributed by atoms with Crippen LogP contribution in [0, 0.1) is 13.8 Å². The number of nitrogens with two attached hydrogens (primary N) is 1. The van der Waals surface area contributed by atoms with Crippen LogP contribution in [-0.4, -0.2) is 52.2 Å². The third-order valence-electron chi connectivity index (χ3n) is 4.39. The number of nitrogens with one attached hydrogen (secondary N) is 1. The monoisotopic (exact) mass is 314 g/mol. The van der Waals surface area contributed by atoms with Crippen LogP contribution < -0.4 is 10.6 Å². The molecule has 0 spiro atoms. The number of nitrogens with zero attached hydrogens (tertiary/aromatic N) is 4. The van der Waals surface area contributed by atoms with Crippen molar-refractivity contribution in [1.82, 2.24) is 20.1 Å². The van der Waals surface area contributed by atoms with Gasteiger partial charge in [0.15, 0.2) is 0 Å². The van der Waals surface area contributed by atoms with Gasteiger partial charge in [0.2, 0.25) is 0 Å². The van der Waals surface area contributed by atoms with E-state index in [1.807, 2.05) is 6.92 Å². The van der Waals surface area contributed by atoms with Gasteiger partial charge < -0.3 is 10.6 Å². The minimum Gasteiger partial charge on any atom is -0.365 e. The number of rotatable bonds is 4. The molecule has 3 heterocycles. The Morgan fingerprint density at radius 2 is 2.04 bits per heavy atom. The number of piperazine rings is 1. The van der Waals surface area contributed by atoms with Crippen molar-refractivity contribution in [3.05, 3.63) is 40.8 Å². The number of carbonyl (C=O) groups is 1. The fraction of sp³-hybridized carbons (Fsp3) is 0.438. The van der Waals surface area contributed by atoms with Crippen LogP contribution in [0.15, 0.2) is 18.3 Å². The molecule has 0 aromatic carbocycles. The topological polar surface area (TPSA) is 91.1 Å². The van der Waals surface area contributed by atoms with Crippen LogP contribution in [0.1, 0.15) is 27.3 Å². The maximum atomic E-state index is 11.6. The first-order valence-corrected chi connectivity index (χ1v) is 7.79. The molecule has 23 heavy (non-hydrogen) atoms. The molecule has 1 aliphatic heterocycles. The Morgan fingerprint density at radius 3 is 2.65 bits per heavy atom. The second kappa shape index (κ2) is 6.37. The number of aryl methyl sites for hydroxylation is 2. The standard InChI is InChI=1S/C16H22N6O/c1-11-14(12(2)20-19-11)10-21-6-8-22(9-7-21)16-13(15(17)23)4-3-5-18-16/h3-5H,6-10H2,1-2H3,(H2,17,23)(H,19,20). The summed E-state index contributed by atoms with van der Waals surface area (Å²) in [4.78, 5) is 20.4. The van der Waals surface area contributed by atoms with Crippen LogP contribution in [0.2, 0.25) is 0 Å². The van der Waals surface area contributed by atoms with Crippen molar-refractivity contribution in [3.8, 4) is 0 Å². The van der Waals surface area contributed by atoms with E-state index >= 15 is 0 Å². The van der Waals surface area contributed by atoms with Gasteiger partial charge in [0, 0.05) is 50.2 Å². The van der Waals surface area contributed by atoms with Gasteiger partial charge in [-0.2, -0.15) is 5.10 Å². The summed E-state index contributed by atoms with van der Waals surface area (Å²) in [6.07, 6.45) is 1.70. The van der Waals surface area contributed by atoms with Crippen molar-refractivity contribution in [2.75, 3.05) is 31.1 Å². The summed E-state index contributed by atoms with van der Waals surface area (Å²) in [6.45, 7) is 8.46. The van der Waals surface area contributed by atoms with Crippen LogP contribution >= 0.6 is 0 Å². The molecule has 7 heteroatoms. The second-order valence-electron chi connectivity index (χ2n) is 5.91. The van der Waals surface area contributed by atoms with E-state index in [2.05, 4.69) is 31.9 Å².